The molecule has 0 saturated carbocycles. The molecule has 38 valence electrons. The molecule has 0 bridgehead atoms. The number of allylic oxidation sites excluding steroid dienone is 1. The van der Waals surface area contributed by atoms with Gasteiger partial charge >= 0.3 is 0 Å². The number of rotatable bonds is 1. The Morgan fingerprint density at radius 3 is 2.57 bits per heavy atom. The standard InChI is InChI=1S/C5H7NO/c1-2-5(3-6)4-7/h2,7H,4H2,1H3. The van der Waals surface area contributed by atoms with Crippen molar-refractivity contribution in [2.45, 2.75) is 6.92 Å². The van der Waals surface area contributed by atoms with Gasteiger partial charge in [-0.3, -0.25) is 0 Å². The van der Waals surface area contributed by atoms with Gasteiger partial charge in [0.1, 0.15) is 0 Å². The first kappa shape index (κ1) is 6.19. The lowest BCUT2D eigenvalue weighted by molar-refractivity contribution is 0.335. The first-order valence-corrected chi connectivity index (χ1v) is 2.01. The Labute approximate surface area is 42.7 Å². The van der Waals surface area contributed by atoms with E-state index >= 15 is 0 Å². The van der Waals surface area contributed by atoms with Crippen LogP contribution in [0.3, 0.4) is 0 Å². The van der Waals surface area contributed by atoms with Crippen molar-refractivity contribution >= 4 is 0 Å². The molecule has 0 amide bonds. The van der Waals surface area contributed by atoms with Crippen molar-refractivity contribution in [2.75, 3.05) is 6.61 Å². The minimum Gasteiger partial charge on any atom is -0.391 e. The monoisotopic (exact) mass is 97.1 g/mol. The molecule has 0 rings (SSSR count). The number of aliphatic hydroxyl groups excluding tert-OH is 1. The highest BCUT2D eigenvalue weighted by atomic mass is 16.3. The molecule has 2 nitrogen and oxygen atoms in total. The van der Waals surface area contributed by atoms with Crippen LogP contribution in [0, 0.1) is 11.3 Å². The Hall–Kier alpha value is -0.810. The normalized spacial score (nSPS) is 10.7. The van der Waals surface area contributed by atoms with Crippen LogP contribution in [0.5, 0.6) is 0 Å². The quantitative estimate of drug-likeness (QED) is 0.483. The van der Waals surface area contributed by atoms with Crippen LogP contribution in [0.1, 0.15) is 6.92 Å². The second kappa shape index (κ2) is 3.38. The van der Waals surface area contributed by atoms with Crippen LogP contribution in [-0.4, -0.2) is 11.7 Å². The van der Waals surface area contributed by atoms with Crippen molar-refractivity contribution in [1.29, 1.82) is 5.26 Å². The summed E-state index contributed by atoms with van der Waals surface area (Å²) >= 11 is 0. The lowest BCUT2D eigenvalue weighted by Crippen LogP contribution is -1.82. The Morgan fingerprint density at radius 2 is 2.57 bits per heavy atom. The molecule has 0 aliphatic rings. The maximum Gasteiger partial charge on any atom is 0.0968 e. The summed E-state index contributed by atoms with van der Waals surface area (Å²) in [6.45, 7) is 1.57. The fourth-order valence-corrected chi connectivity index (χ4v) is 0.191. The minimum absolute atomic E-state index is 0.146. The van der Waals surface area contributed by atoms with Gasteiger partial charge in [0, 0.05) is 0 Å². The highest BCUT2D eigenvalue weighted by Crippen LogP contribution is 1.85. The van der Waals surface area contributed by atoms with Crippen molar-refractivity contribution < 1.29 is 5.11 Å². The third-order valence-corrected chi connectivity index (χ3v) is 0.662. The van der Waals surface area contributed by atoms with Crippen LogP contribution < -0.4 is 0 Å². The smallest absolute Gasteiger partial charge is 0.0968 e. The summed E-state index contributed by atoms with van der Waals surface area (Å²) in [6.07, 6.45) is 1.58. The van der Waals surface area contributed by atoms with Gasteiger partial charge in [-0.1, -0.05) is 6.08 Å². The van der Waals surface area contributed by atoms with E-state index in [1.807, 2.05) is 6.07 Å². The molecular formula is C5H7NO. The first-order valence-electron chi connectivity index (χ1n) is 2.01. The topological polar surface area (TPSA) is 44.0 Å². The van der Waals surface area contributed by atoms with Crippen molar-refractivity contribution in [3.05, 3.63) is 11.6 Å². The Morgan fingerprint density at radius 1 is 2.00 bits per heavy atom. The zero-order valence-corrected chi connectivity index (χ0v) is 4.18. The highest BCUT2D eigenvalue weighted by Gasteiger charge is 1.83. The van der Waals surface area contributed by atoms with Gasteiger partial charge < -0.3 is 5.11 Å². The molecule has 2 heteroatoms. The lowest BCUT2D eigenvalue weighted by Gasteiger charge is -1.81. The summed E-state index contributed by atoms with van der Waals surface area (Å²) in [5.41, 5.74) is 0.417. The zero-order chi connectivity index (χ0) is 5.70. The molecule has 1 N–H and O–H groups in total. The average Bonchev–Trinajstić information content (AvgIpc) is 1.72. The maximum atomic E-state index is 8.24. The molecule has 0 spiro atoms. The van der Waals surface area contributed by atoms with E-state index in [2.05, 4.69) is 0 Å². The van der Waals surface area contributed by atoms with Crippen LogP contribution in [0.25, 0.3) is 0 Å². The number of hydrogen-bond donors (Lipinski definition) is 1. The molecule has 0 fully saturated rings. The van der Waals surface area contributed by atoms with Gasteiger partial charge in [0.15, 0.2) is 0 Å². The highest BCUT2D eigenvalue weighted by molar-refractivity contribution is 5.19. The van der Waals surface area contributed by atoms with E-state index in [0.717, 1.165) is 0 Å². The fourth-order valence-electron chi connectivity index (χ4n) is 0.191. The van der Waals surface area contributed by atoms with Gasteiger partial charge in [0.2, 0.25) is 0 Å². The van der Waals surface area contributed by atoms with E-state index in [4.69, 9.17) is 10.4 Å². The fraction of sp³-hybridized carbons (Fsp3) is 0.400. The molecule has 0 aliphatic carbocycles. The van der Waals surface area contributed by atoms with Crippen LogP contribution in [-0.2, 0) is 0 Å². The summed E-state index contributed by atoms with van der Waals surface area (Å²) in [5.74, 6) is 0. The summed E-state index contributed by atoms with van der Waals surface area (Å²) < 4.78 is 0. The number of nitrogens with zero attached hydrogens (tertiary/aromatic N) is 1. The zero-order valence-electron chi connectivity index (χ0n) is 4.18. The van der Waals surface area contributed by atoms with Gasteiger partial charge in [-0.05, 0) is 6.92 Å². The predicted molar refractivity (Wildman–Crippen MR) is 26.5 cm³/mol. The lowest BCUT2D eigenvalue weighted by atomic mass is 10.3. The Bertz CT molecular complexity index is 110. The molecule has 0 atom stereocenters. The Kier molecular flexibility index (Phi) is 2.99. The van der Waals surface area contributed by atoms with Crippen LogP contribution in [0.2, 0.25) is 0 Å². The number of hydrogen-bond acceptors (Lipinski definition) is 2. The number of aliphatic hydroxyl groups is 1. The Balaban J connectivity index is 3.68. The van der Waals surface area contributed by atoms with Crippen molar-refractivity contribution in [1.82, 2.24) is 0 Å². The second-order valence-electron chi connectivity index (χ2n) is 1.08. The van der Waals surface area contributed by atoms with Gasteiger partial charge in [0.25, 0.3) is 0 Å². The molecule has 0 saturated heterocycles. The largest absolute Gasteiger partial charge is 0.391 e. The summed E-state index contributed by atoms with van der Waals surface area (Å²) in [6, 6.07) is 1.81. The molecule has 0 heterocycles. The minimum atomic E-state index is -0.146. The van der Waals surface area contributed by atoms with E-state index in [9.17, 15) is 0 Å². The summed E-state index contributed by atoms with van der Waals surface area (Å²) in [7, 11) is 0. The molecule has 0 aromatic rings. The van der Waals surface area contributed by atoms with Gasteiger partial charge in [-0.15, -0.1) is 0 Å². The van der Waals surface area contributed by atoms with E-state index in [1.54, 1.807) is 13.0 Å². The van der Waals surface area contributed by atoms with E-state index < -0.39 is 0 Å². The summed E-state index contributed by atoms with van der Waals surface area (Å²) in [4.78, 5) is 0. The van der Waals surface area contributed by atoms with Gasteiger partial charge in [-0.25, -0.2) is 0 Å². The molecule has 0 aromatic heterocycles. The maximum absolute atomic E-state index is 8.24. The van der Waals surface area contributed by atoms with E-state index in [-0.39, 0.29) is 6.61 Å². The average molecular weight is 97.1 g/mol. The van der Waals surface area contributed by atoms with Crippen LogP contribution in [0.4, 0.5) is 0 Å². The second-order valence-corrected chi connectivity index (χ2v) is 1.08. The van der Waals surface area contributed by atoms with Gasteiger partial charge in [-0.2, -0.15) is 5.26 Å². The van der Waals surface area contributed by atoms with Gasteiger partial charge in [0.05, 0.1) is 18.2 Å². The SMILES string of the molecule is CC=C(C#N)CO. The van der Waals surface area contributed by atoms with Crippen molar-refractivity contribution in [3.63, 3.8) is 0 Å². The molecule has 0 aliphatic heterocycles. The third kappa shape index (κ3) is 1.96. The van der Waals surface area contributed by atoms with Crippen LogP contribution in [0.15, 0.2) is 11.6 Å². The van der Waals surface area contributed by atoms with Crippen LogP contribution >= 0.6 is 0 Å². The van der Waals surface area contributed by atoms with E-state index in [0.29, 0.717) is 5.57 Å². The molecular weight excluding hydrogens is 90.1 g/mol. The molecule has 0 aromatic carbocycles. The molecule has 7 heavy (non-hydrogen) atoms. The first-order chi connectivity index (χ1) is 3.35. The predicted octanol–water partition coefficient (Wildman–Crippen LogP) is 0.449. The van der Waals surface area contributed by atoms with Crippen molar-refractivity contribution in [2.24, 2.45) is 0 Å². The number of nitriles is 1. The third-order valence-electron chi connectivity index (χ3n) is 0.662. The van der Waals surface area contributed by atoms with E-state index in [1.165, 1.54) is 0 Å². The molecule has 0 radical (unpaired) electrons. The summed E-state index contributed by atoms with van der Waals surface area (Å²) in [5, 5.41) is 16.3. The molecule has 0 unspecified atom stereocenters. The van der Waals surface area contributed by atoms with Crippen molar-refractivity contribution in [3.8, 4) is 6.07 Å².